The lowest BCUT2D eigenvalue weighted by molar-refractivity contribution is -0.151. The maximum atomic E-state index is 13.2. The number of aryl methyl sites for hydroxylation is 2. The fourth-order valence-electron chi connectivity index (χ4n) is 4.38. The van der Waals surface area contributed by atoms with Crippen molar-refractivity contribution in [2.24, 2.45) is 5.92 Å². The van der Waals surface area contributed by atoms with E-state index in [0.717, 1.165) is 12.0 Å². The summed E-state index contributed by atoms with van der Waals surface area (Å²) in [4.78, 5) is 39.8. The fourth-order valence-corrected chi connectivity index (χ4v) is 4.38. The summed E-state index contributed by atoms with van der Waals surface area (Å²) in [5, 5.41) is 0.385. The summed E-state index contributed by atoms with van der Waals surface area (Å²) in [6.07, 6.45) is 2.04. The lowest BCUT2D eigenvalue weighted by Crippen LogP contribution is -2.44. The van der Waals surface area contributed by atoms with Gasteiger partial charge in [-0.2, -0.15) is 0 Å². The molecule has 0 aliphatic carbocycles. The minimum absolute atomic E-state index is 0.140. The van der Waals surface area contributed by atoms with Crippen LogP contribution in [0.15, 0.2) is 51.7 Å². The number of amides is 1. The third kappa shape index (κ3) is 5.53. The minimum Gasteiger partial charge on any atom is -0.483 e. The number of carbonyl (C=O) groups is 2. The Kier molecular flexibility index (Phi) is 7.93. The topological polar surface area (TPSA) is 95.3 Å². The van der Waals surface area contributed by atoms with E-state index in [1.165, 1.54) is 0 Å². The third-order valence-electron chi connectivity index (χ3n) is 6.29. The number of para-hydroxylation sites is 1. The van der Waals surface area contributed by atoms with Gasteiger partial charge in [0.15, 0.2) is 6.61 Å². The zero-order valence-electron chi connectivity index (χ0n) is 20.9. The molecule has 1 amide bonds. The van der Waals surface area contributed by atoms with E-state index in [9.17, 15) is 14.4 Å². The van der Waals surface area contributed by atoms with Crippen LogP contribution in [0.2, 0.25) is 0 Å². The number of carbonyl (C=O) groups excluding carboxylic acids is 2. The van der Waals surface area contributed by atoms with Gasteiger partial charge in [0, 0.05) is 19.2 Å². The van der Waals surface area contributed by atoms with E-state index in [2.05, 4.69) is 0 Å². The Balaban J connectivity index is 1.52. The van der Waals surface area contributed by atoms with Crippen LogP contribution in [-0.4, -0.2) is 43.1 Å². The van der Waals surface area contributed by atoms with Crippen molar-refractivity contribution < 1.29 is 28.2 Å². The molecule has 0 saturated carbocycles. The summed E-state index contributed by atoms with van der Waals surface area (Å²) in [6.45, 7) is 6.45. The Labute approximate surface area is 209 Å². The predicted molar refractivity (Wildman–Crippen MR) is 135 cm³/mol. The number of rotatable bonds is 8. The van der Waals surface area contributed by atoms with Gasteiger partial charge in [-0.3, -0.25) is 14.4 Å². The SMILES string of the molecule is CCOC(=O)[C@H]1CCCN(C(=O)COc2cc3oc(C)c(Oc4ccccc4)c(=O)c3cc2CC)C1. The van der Waals surface area contributed by atoms with Crippen molar-refractivity contribution >= 4 is 22.8 Å². The normalized spacial score (nSPS) is 15.5. The van der Waals surface area contributed by atoms with Gasteiger partial charge in [0.2, 0.25) is 11.2 Å². The van der Waals surface area contributed by atoms with Crippen molar-refractivity contribution in [1.82, 2.24) is 4.90 Å². The highest BCUT2D eigenvalue weighted by Gasteiger charge is 2.29. The van der Waals surface area contributed by atoms with Crippen LogP contribution in [0.5, 0.6) is 17.2 Å². The van der Waals surface area contributed by atoms with Gasteiger partial charge in [0.1, 0.15) is 22.8 Å². The average Bonchev–Trinajstić information content (AvgIpc) is 2.90. The van der Waals surface area contributed by atoms with Gasteiger partial charge in [-0.1, -0.05) is 25.1 Å². The van der Waals surface area contributed by atoms with Crippen molar-refractivity contribution in [3.05, 3.63) is 64.0 Å². The number of benzene rings is 2. The van der Waals surface area contributed by atoms with Gasteiger partial charge in [-0.15, -0.1) is 0 Å². The minimum atomic E-state index is -0.306. The number of esters is 1. The quantitative estimate of drug-likeness (QED) is 0.422. The first-order valence-electron chi connectivity index (χ1n) is 12.3. The van der Waals surface area contributed by atoms with Crippen LogP contribution in [0.25, 0.3) is 11.0 Å². The predicted octanol–water partition coefficient (Wildman–Crippen LogP) is 4.64. The Hall–Kier alpha value is -3.81. The molecular formula is C28H31NO7. The molecule has 8 nitrogen and oxygen atoms in total. The zero-order chi connectivity index (χ0) is 25.7. The molecule has 0 N–H and O–H groups in total. The standard InChI is InChI=1S/C28H31NO7/c1-4-19-14-22-24(35-18(3)27(26(22)31)36-21-11-7-6-8-12-21)15-23(19)34-17-25(30)29-13-9-10-20(16-29)28(32)33-5-2/h6-8,11-12,14-15,20H,4-5,9-10,13,16-17H2,1-3H3/t20-/m0/s1. The number of piperidine rings is 1. The van der Waals surface area contributed by atoms with Gasteiger partial charge >= 0.3 is 5.97 Å². The van der Waals surface area contributed by atoms with Gasteiger partial charge in [0.05, 0.1) is 17.9 Å². The zero-order valence-corrected chi connectivity index (χ0v) is 20.9. The maximum Gasteiger partial charge on any atom is 0.310 e. The lowest BCUT2D eigenvalue weighted by Gasteiger charge is -2.31. The summed E-state index contributed by atoms with van der Waals surface area (Å²) in [5.41, 5.74) is 0.867. The van der Waals surface area contributed by atoms with Gasteiger partial charge in [-0.25, -0.2) is 0 Å². The molecule has 0 spiro atoms. The van der Waals surface area contributed by atoms with E-state index in [1.54, 1.807) is 43.0 Å². The van der Waals surface area contributed by atoms with Crippen LogP contribution < -0.4 is 14.9 Å². The number of hydrogen-bond acceptors (Lipinski definition) is 7. The number of ether oxygens (including phenoxy) is 3. The van der Waals surface area contributed by atoms with E-state index in [0.29, 0.717) is 60.8 Å². The molecular weight excluding hydrogens is 462 g/mol. The summed E-state index contributed by atoms with van der Waals surface area (Å²) in [5.74, 6) is 0.747. The third-order valence-corrected chi connectivity index (χ3v) is 6.29. The van der Waals surface area contributed by atoms with Gasteiger partial charge in [0.25, 0.3) is 5.91 Å². The van der Waals surface area contributed by atoms with Crippen LogP contribution in [0.3, 0.4) is 0 Å². The number of nitrogens with zero attached hydrogens (tertiary/aromatic N) is 1. The summed E-state index contributed by atoms with van der Waals surface area (Å²) in [6, 6.07) is 12.4. The molecule has 1 saturated heterocycles. The lowest BCUT2D eigenvalue weighted by atomic mass is 9.98. The van der Waals surface area contributed by atoms with E-state index in [-0.39, 0.29) is 35.6 Å². The molecule has 0 bridgehead atoms. The second-order valence-corrected chi connectivity index (χ2v) is 8.76. The molecule has 190 valence electrons. The molecule has 1 aromatic heterocycles. The van der Waals surface area contributed by atoms with Gasteiger partial charge in [-0.05, 0) is 56.9 Å². The molecule has 3 aromatic rings. The summed E-state index contributed by atoms with van der Waals surface area (Å²) in [7, 11) is 0. The van der Waals surface area contributed by atoms with Crippen LogP contribution in [-0.2, 0) is 20.7 Å². The van der Waals surface area contributed by atoms with Crippen molar-refractivity contribution in [2.75, 3.05) is 26.3 Å². The Morgan fingerprint density at radius 1 is 1.14 bits per heavy atom. The second kappa shape index (κ2) is 11.3. The molecule has 0 unspecified atom stereocenters. The molecule has 8 heteroatoms. The first-order chi connectivity index (χ1) is 17.4. The summed E-state index contributed by atoms with van der Waals surface area (Å²) < 4.78 is 22.8. The van der Waals surface area contributed by atoms with Crippen molar-refractivity contribution in [1.29, 1.82) is 0 Å². The summed E-state index contributed by atoms with van der Waals surface area (Å²) >= 11 is 0. The molecule has 2 heterocycles. The largest absolute Gasteiger partial charge is 0.483 e. The fraction of sp³-hybridized carbons (Fsp3) is 0.393. The molecule has 1 aliphatic heterocycles. The smallest absolute Gasteiger partial charge is 0.310 e. The molecule has 1 aliphatic rings. The second-order valence-electron chi connectivity index (χ2n) is 8.76. The van der Waals surface area contributed by atoms with E-state index in [4.69, 9.17) is 18.6 Å². The number of likely N-dealkylation sites (tertiary alicyclic amines) is 1. The van der Waals surface area contributed by atoms with E-state index >= 15 is 0 Å². The number of fused-ring (bicyclic) bond motifs is 1. The van der Waals surface area contributed by atoms with Crippen LogP contribution >= 0.6 is 0 Å². The number of hydrogen-bond donors (Lipinski definition) is 0. The first kappa shape index (κ1) is 25.3. The van der Waals surface area contributed by atoms with Crippen LogP contribution in [0.1, 0.15) is 38.0 Å². The molecule has 4 rings (SSSR count). The van der Waals surface area contributed by atoms with Crippen molar-refractivity contribution in [3.8, 4) is 17.2 Å². The molecule has 1 atom stereocenters. The van der Waals surface area contributed by atoms with Gasteiger partial charge < -0.3 is 23.5 Å². The Morgan fingerprint density at radius 3 is 2.64 bits per heavy atom. The first-order valence-corrected chi connectivity index (χ1v) is 12.3. The average molecular weight is 494 g/mol. The Morgan fingerprint density at radius 2 is 1.92 bits per heavy atom. The molecule has 1 fully saturated rings. The van der Waals surface area contributed by atoms with Crippen molar-refractivity contribution in [3.63, 3.8) is 0 Å². The highest BCUT2D eigenvalue weighted by molar-refractivity contribution is 5.82. The highest BCUT2D eigenvalue weighted by atomic mass is 16.5. The molecule has 36 heavy (non-hydrogen) atoms. The van der Waals surface area contributed by atoms with Crippen molar-refractivity contribution in [2.45, 2.75) is 40.0 Å². The molecule has 2 aromatic carbocycles. The van der Waals surface area contributed by atoms with Crippen LogP contribution in [0, 0.1) is 12.8 Å². The van der Waals surface area contributed by atoms with Crippen LogP contribution in [0.4, 0.5) is 0 Å². The maximum absolute atomic E-state index is 13.2. The highest BCUT2D eigenvalue weighted by Crippen LogP contribution is 2.30. The van der Waals surface area contributed by atoms with E-state index < -0.39 is 0 Å². The monoisotopic (exact) mass is 493 g/mol. The molecule has 0 radical (unpaired) electrons. The Bertz CT molecular complexity index is 1300. The van der Waals surface area contributed by atoms with E-state index in [1.807, 2.05) is 25.1 Å².